The van der Waals surface area contributed by atoms with Crippen molar-refractivity contribution in [2.24, 2.45) is 5.92 Å². The van der Waals surface area contributed by atoms with Crippen LogP contribution in [0.4, 0.5) is 0 Å². The summed E-state index contributed by atoms with van der Waals surface area (Å²) < 4.78 is 6.71. The van der Waals surface area contributed by atoms with Crippen LogP contribution < -0.4 is 0 Å². The molecule has 1 atom stereocenters. The Morgan fingerprint density at radius 2 is 1.44 bits per heavy atom. The third-order valence-corrected chi connectivity index (χ3v) is 13.6. The van der Waals surface area contributed by atoms with E-state index >= 15 is 0 Å². The van der Waals surface area contributed by atoms with Gasteiger partial charge in [0.1, 0.15) is 0 Å². The smallest absolute Gasteiger partial charge is 0.180 e. The number of hydrogen-bond donors (Lipinski definition) is 0. The Kier molecular flexibility index (Phi) is 6.37. The molecular formula is C15H36OSi2. The normalized spacial score (nSPS) is 16.2. The zero-order valence-corrected chi connectivity index (χ0v) is 16.6. The molecule has 0 spiro atoms. The second kappa shape index (κ2) is 6.23. The number of hydrogen-bond acceptors (Lipinski definition) is 1. The van der Waals surface area contributed by atoms with E-state index in [0.717, 1.165) is 5.92 Å². The Hall–Kier alpha value is 0.394. The minimum atomic E-state index is -1.27. The molecule has 0 aromatic carbocycles. The lowest BCUT2D eigenvalue weighted by Gasteiger charge is -2.47. The molecule has 0 bridgehead atoms. The topological polar surface area (TPSA) is 9.23 Å². The Labute approximate surface area is 118 Å². The lowest BCUT2D eigenvalue weighted by atomic mass is 9.89. The van der Waals surface area contributed by atoms with Crippen molar-refractivity contribution in [3.63, 3.8) is 0 Å². The van der Waals surface area contributed by atoms with Gasteiger partial charge in [0.15, 0.2) is 9.04 Å². The summed E-state index contributed by atoms with van der Waals surface area (Å²) in [5.74, 6) is 0.728. The van der Waals surface area contributed by atoms with E-state index < -0.39 is 17.1 Å². The van der Waals surface area contributed by atoms with Crippen molar-refractivity contribution in [2.45, 2.75) is 90.8 Å². The van der Waals surface area contributed by atoms with Crippen LogP contribution in [-0.2, 0) is 4.43 Å². The maximum absolute atomic E-state index is 6.71. The molecule has 0 fully saturated rings. The average Bonchev–Trinajstić information content (AvgIpc) is 2.17. The molecule has 0 unspecified atom stereocenters. The van der Waals surface area contributed by atoms with Crippen LogP contribution in [0, 0.1) is 5.92 Å². The summed E-state index contributed by atoms with van der Waals surface area (Å²) in [6.07, 6.45) is 2.52. The van der Waals surface area contributed by atoms with Crippen LogP contribution in [0.5, 0.6) is 0 Å². The molecule has 0 radical (unpaired) electrons. The van der Waals surface area contributed by atoms with Gasteiger partial charge in [-0.25, -0.2) is 0 Å². The molecule has 0 aliphatic carbocycles. The maximum atomic E-state index is 6.71. The van der Waals surface area contributed by atoms with Gasteiger partial charge in [0.25, 0.3) is 0 Å². The molecule has 18 heavy (non-hydrogen) atoms. The van der Waals surface area contributed by atoms with Crippen LogP contribution in [0.2, 0.25) is 31.2 Å². The van der Waals surface area contributed by atoms with Gasteiger partial charge in [0, 0.05) is 5.22 Å². The quantitative estimate of drug-likeness (QED) is 0.583. The zero-order chi connectivity index (χ0) is 14.8. The summed E-state index contributed by atoms with van der Waals surface area (Å²) in [5.41, 5.74) is 0. The van der Waals surface area contributed by atoms with Crippen LogP contribution >= 0.6 is 0 Å². The first-order valence-electron chi connectivity index (χ1n) is 7.62. The van der Waals surface area contributed by atoms with Crippen molar-refractivity contribution in [3.05, 3.63) is 0 Å². The largest absolute Gasteiger partial charge is 0.418 e. The number of rotatable bonds is 7. The van der Waals surface area contributed by atoms with Crippen molar-refractivity contribution in [1.29, 1.82) is 0 Å². The average molecular weight is 289 g/mol. The van der Waals surface area contributed by atoms with Crippen LogP contribution in [0.15, 0.2) is 0 Å². The maximum Gasteiger partial charge on any atom is 0.180 e. The van der Waals surface area contributed by atoms with Gasteiger partial charge in [0.2, 0.25) is 0 Å². The minimum Gasteiger partial charge on any atom is -0.418 e. The molecule has 3 heteroatoms. The van der Waals surface area contributed by atoms with E-state index in [1.807, 2.05) is 0 Å². The molecular weight excluding hydrogens is 252 g/mol. The highest BCUT2D eigenvalue weighted by Gasteiger charge is 2.44. The van der Waals surface area contributed by atoms with Gasteiger partial charge < -0.3 is 4.43 Å². The summed E-state index contributed by atoms with van der Waals surface area (Å²) in [6.45, 7) is 23.8. The molecule has 1 nitrogen and oxygen atoms in total. The van der Waals surface area contributed by atoms with Crippen molar-refractivity contribution in [1.82, 2.24) is 0 Å². The third kappa shape index (κ3) is 3.70. The summed E-state index contributed by atoms with van der Waals surface area (Å²) >= 11 is 0. The highest BCUT2D eigenvalue weighted by Crippen LogP contribution is 2.47. The zero-order valence-electron chi connectivity index (χ0n) is 14.5. The highest BCUT2D eigenvalue weighted by atomic mass is 28.3. The highest BCUT2D eigenvalue weighted by molar-refractivity contribution is 6.79. The van der Waals surface area contributed by atoms with Gasteiger partial charge in [-0.05, 0) is 31.4 Å². The van der Waals surface area contributed by atoms with E-state index in [1.165, 1.54) is 12.8 Å². The monoisotopic (exact) mass is 288 g/mol. The lowest BCUT2D eigenvalue weighted by Crippen LogP contribution is -2.54. The fourth-order valence-electron chi connectivity index (χ4n) is 2.85. The van der Waals surface area contributed by atoms with Crippen molar-refractivity contribution in [2.75, 3.05) is 0 Å². The Morgan fingerprint density at radius 3 is 1.67 bits per heavy atom. The second-order valence-electron chi connectivity index (χ2n) is 7.62. The fraction of sp³-hybridized carbons (Fsp3) is 1.00. The molecule has 0 N–H and O–H groups in total. The van der Waals surface area contributed by atoms with E-state index in [1.54, 1.807) is 0 Å². The fourth-order valence-corrected chi connectivity index (χ4v) is 8.00. The first-order chi connectivity index (χ1) is 7.94. The minimum absolute atomic E-state index is 0.100. The summed E-state index contributed by atoms with van der Waals surface area (Å²) in [4.78, 5) is 0. The van der Waals surface area contributed by atoms with Gasteiger partial charge in [-0.2, -0.15) is 0 Å². The van der Waals surface area contributed by atoms with Crippen LogP contribution in [-0.4, -0.2) is 22.3 Å². The third-order valence-electron chi connectivity index (χ3n) is 5.55. The second-order valence-corrected chi connectivity index (χ2v) is 16.0. The van der Waals surface area contributed by atoms with E-state index in [2.05, 4.69) is 67.7 Å². The van der Waals surface area contributed by atoms with Gasteiger partial charge in [-0.15, -0.1) is 0 Å². The van der Waals surface area contributed by atoms with E-state index in [0.29, 0.717) is 5.04 Å². The molecule has 0 aromatic heterocycles. The summed E-state index contributed by atoms with van der Waals surface area (Å²) in [5, 5.41) is 0.556. The summed E-state index contributed by atoms with van der Waals surface area (Å²) in [7, 11) is -2.48. The molecule has 0 saturated carbocycles. The van der Waals surface area contributed by atoms with Crippen molar-refractivity contribution >= 4 is 17.1 Å². The first-order valence-corrected chi connectivity index (χ1v) is 13.3. The molecule has 110 valence electrons. The standard InChI is InChI=1S/C15H36OSi2/c1-11-15(12-2,13(3)4)17(7)16-14(5,6)18(8,9)10/h13,17H,11-12H2,1-10H3/t17-/m1/s1. The predicted molar refractivity (Wildman–Crippen MR) is 89.6 cm³/mol. The van der Waals surface area contributed by atoms with E-state index in [9.17, 15) is 0 Å². The van der Waals surface area contributed by atoms with E-state index in [4.69, 9.17) is 4.43 Å². The van der Waals surface area contributed by atoms with Crippen molar-refractivity contribution < 1.29 is 4.43 Å². The van der Waals surface area contributed by atoms with Crippen LogP contribution in [0.3, 0.4) is 0 Å². The molecule has 0 heterocycles. The molecule has 0 saturated heterocycles. The van der Waals surface area contributed by atoms with Crippen LogP contribution in [0.1, 0.15) is 54.4 Å². The van der Waals surface area contributed by atoms with Gasteiger partial charge >= 0.3 is 0 Å². The van der Waals surface area contributed by atoms with Crippen molar-refractivity contribution in [3.8, 4) is 0 Å². The van der Waals surface area contributed by atoms with Gasteiger partial charge in [-0.3, -0.25) is 0 Å². The van der Waals surface area contributed by atoms with Gasteiger partial charge in [-0.1, -0.05) is 60.2 Å². The molecule has 0 aromatic rings. The molecule has 0 aliphatic rings. The van der Waals surface area contributed by atoms with E-state index in [-0.39, 0.29) is 5.22 Å². The first kappa shape index (κ1) is 18.4. The summed E-state index contributed by atoms with van der Waals surface area (Å²) in [6, 6.07) is 0. The molecule has 0 aliphatic heterocycles. The van der Waals surface area contributed by atoms with Crippen LogP contribution in [0.25, 0.3) is 0 Å². The Balaban J connectivity index is 5.10. The molecule has 0 rings (SSSR count). The SMILES string of the molecule is CCC(CC)(C(C)C)[Si@@H](C)OC(C)(C)[Si](C)(C)C. The lowest BCUT2D eigenvalue weighted by molar-refractivity contribution is 0.161. The Bertz CT molecular complexity index is 250. The van der Waals surface area contributed by atoms with Gasteiger partial charge in [0.05, 0.1) is 8.07 Å². The Morgan fingerprint density at radius 1 is 1.06 bits per heavy atom. The molecule has 0 amide bonds. The predicted octanol–water partition coefficient (Wildman–Crippen LogP) is 5.23.